The van der Waals surface area contributed by atoms with Gasteiger partial charge in [0.05, 0.1) is 10.7 Å². The summed E-state index contributed by atoms with van der Waals surface area (Å²) >= 11 is 12.1. The topological polar surface area (TPSA) is 37.8 Å². The first-order valence-corrected chi connectivity index (χ1v) is 6.90. The van der Waals surface area contributed by atoms with Crippen LogP contribution in [0.2, 0.25) is 10.0 Å². The van der Waals surface area contributed by atoms with Crippen LogP contribution in [0.15, 0.2) is 24.3 Å². The Kier molecular flexibility index (Phi) is 4.61. The molecule has 1 aromatic heterocycles. The lowest BCUT2D eigenvalue weighted by Gasteiger charge is -2.09. The van der Waals surface area contributed by atoms with E-state index in [0.29, 0.717) is 15.9 Å². The first-order valence-electron chi connectivity index (χ1n) is 6.15. The normalized spacial score (nSPS) is 10.5. The third-order valence-electron chi connectivity index (χ3n) is 2.60. The number of aromatic nitrogens is 2. The van der Waals surface area contributed by atoms with E-state index in [2.05, 4.69) is 22.2 Å². The standard InChI is InChI=1S/C14H15Cl2N3/c1-3-6-17-14-8-13(18-9(2)19-14)11-5-4-10(15)7-12(11)16/h4-5,7-8H,3,6H2,1-2H3,(H,17,18,19). The fourth-order valence-corrected chi connectivity index (χ4v) is 2.25. The smallest absolute Gasteiger partial charge is 0.130 e. The molecule has 0 bridgehead atoms. The van der Waals surface area contributed by atoms with E-state index in [1.807, 2.05) is 19.1 Å². The molecule has 0 fully saturated rings. The zero-order chi connectivity index (χ0) is 13.8. The second kappa shape index (κ2) is 6.22. The van der Waals surface area contributed by atoms with Gasteiger partial charge in [-0.3, -0.25) is 0 Å². The molecule has 0 saturated heterocycles. The van der Waals surface area contributed by atoms with E-state index in [0.717, 1.165) is 30.0 Å². The molecule has 3 nitrogen and oxygen atoms in total. The van der Waals surface area contributed by atoms with Gasteiger partial charge in [-0.15, -0.1) is 0 Å². The quantitative estimate of drug-likeness (QED) is 0.897. The molecule has 0 radical (unpaired) electrons. The van der Waals surface area contributed by atoms with Crippen molar-refractivity contribution in [2.24, 2.45) is 0 Å². The van der Waals surface area contributed by atoms with Gasteiger partial charge in [0.25, 0.3) is 0 Å². The van der Waals surface area contributed by atoms with E-state index < -0.39 is 0 Å². The summed E-state index contributed by atoms with van der Waals surface area (Å²) in [6.07, 6.45) is 1.04. The third-order valence-corrected chi connectivity index (χ3v) is 3.15. The van der Waals surface area contributed by atoms with Crippen molar-refractivity contribution < 1.29 is 0 Å². The van der Waals surface area contributed by atoms with Crippen molar-refractivity contribution in [3.05, 3.63) is 40.1 Å². The van der Waals surface area contributed by atoms with E-state index in [1.54, 1.807) is 12.1 Å². The van der Waals surface area contributed by atoms with Crippen LogP contribution in [-0.4, -0.2) is 16.5 Å². The fourth-order valence-electron chi connectivity index (χ4n) is 1.75. The summed E-state index contributed by atoms with van der Waals surface area (Å²) in [6.45, 7) is 4.85. The van der Waals surface area contributed by atoms with Crippen LogP contribution in [0.3, 0.4) is 0 Å². The SMILES string of the molecule is CCCNc1cc(-c2ccc(Cl)cc2Cl)nc(C)n1. The molecular weight excluding hydrogens is 281 g/mol. The number of anilines is 1. The predicted molar refractivity (Wildman–Crippen MR) is 81.0 cm³/mol. The Morgan fingerprint density at radius 2 is 1.95 bits per heavy atom. The second-order valence-corrected chi connectivity index (χ2v) is 5.08. The molecule has 1 aromatic carbocycles. The summed E-state index contributed by atoms with van der Waals surface area (Å²) in [5, 5.41) is 4.46. The van der Waals surface area contributed by atoms with Crippen molar-refractivity contribution in [2.45, 2.75) is 20.3 Å². The molecule has 0 saturated carbocycles. The number of rotatable bonds is 4. The number of hydrogen-bond acceptors (Lipinski definition) is 3. The molecule has 5 heteroatoms. The van der Waals surface area contributed by atoms with Gasteiger partial charge in [-0.05, 0) is 31.5 Å². The number of nitrogens with zero attached hydrogens (tertiary/aromatic N) is 2. The number of benzene rings is 1. The molecule has 0 atom stereocenters. The van der Waals surface area contributed by atoms with E-state index in [9.17, 15) is 0 Å². The summed E-state index contributed by atoms with van der Waals surface area (Å²) in [7, 11) is 0. The summed E-state index contributed by atoms with van der Waals surface area (Å²) in [5.41, 5.74) is 1.66. The largest absolute Gasteiger partial charge is 0.370 e. The van der Waals surface area contributed by atoms with Crippen molar-refractivity contribution in [2.75, 3.05) is 11.9 Å². The van der Waals surface area contributed by atoms with E-state index in [4.69, 9.17) is 23.2 Å². The summed E-state index contributed by atoms with van der Waals surface area (Å²) in [5.74, 6) is 1.53. The molecule has 2 aromatic rings. The number of nitrogens with one attached hydrogen (secondary N) is 1. The number of aryl methyl sites for hydroxylation is 1. The van der Waals surface area contributed by atoms with Crippen LogP contribution >= 0.6 is 23.2 Å². The van der Waals surface area contributed by atoms with Gasteiger partial charge in [0.2, 0.25) is 0 Å². The minimum atomic E-state index is 0.590. The lowest BCUT2D eigenvalue weighted by Crippen LogP contribution is -2.04. The highest BCUT2D eigenvalue weighted by Crippen LogP contribution is 2.30. The zero-order valence-electron chi connectivity index (χ0n) is 10.9. The number of hydrogen-bond donors (Lipinski definition) is 1. The first kappa shape index (κ1) is 14.1. The van der Waals surface area contributed by atoms with Crippen LogP contribution in [0, 0.1) is 6.92 Å². The maximum absolute atomic E-state index is 6.21. The molecule has 0 unspecified atom stereocenters. The van der Waals surface area contributed by atoms with Crippen LogP contribution in [0.4, 0.5) is 5.82 Å². The van der Waals surface area contributed by atoms with Gasteiger partial charge >= 0.3 is 0 Å². The van der Waals surface area contributed by atoms with Gasteiger partial charge in [-0.1, -0.05) is 30.1 Å². The average molecular weight is 296 g/mol. The van der Waals surface area contributed by atoms with Crippen molar-refractivity contribution in [1.29, 1.82) is 0 Å². The summed E-state index contributed by atoms with van der Waals surface area (Å²) < 4.78 is 0. The van der Waals surface area contributed by atoms with Gasteiger partial charge in [-0.25, -0.2) is 9.97 Å². The van der Waals surface area contributed by atoms with Crippen LogP contribution in [-0.2, 0) is 0 Å². The molecule has 0 spiro atoms. The van der Waals surface area contributed by atoms with Crippen LogP contribution in [0.5, 0.6) is 0 Å². The van der Waals surface area contributed by atoms with E-state index in [1.165, 1.54) is 0 Å². The van der Waals surface area contributed by atoms with E-state index in [-0.39, 0.29) is 0 Å². The van der Waals surface area contributed by atoms with Gasteiger partial charge in [0, 0.05) is 23.2 Å². The molecular formula is C14H15Cl2N3. The summed E-state index contributed by atoms with van der Waals surface area (Å²) in [6, 6.07) is 7.29. The highest BCUT2D eigenvalue weighted by Gasteiger charge is 2.08. The Hall–Kier alpha value is -1.32. The highest BCUT2D eigenvalue weighted by molar-refractivity contribution is 6.36. The average Bonchev–Trinajstić information content (AvgIpc) is 2.35. The minimum Gasteiger partial charge on any atom is -0.370 e. The van der Waals surface area contributed by atoms with E-state index >= 15 is 0 Å². The van der Waals surface area contributed by atoms with Gasteiger partial charge < -0.3 is 5.32 Å². The lowest BCUT2D eigenvalue weighted by molar-refractivity contribution is 0.955. The zero-order valence-corrected chi connectivity index (χ0v) is 12.4. The molecule has 100 valence electrons. The Labute approximate surface area is 123 Å². The minimum absolute atomic E-state index is 0.590. The molecule has 1 N–H and O–H groups in total. The van der Waals surface area contributed by atoms with Crippen molar-refractivity contribution in [3.8, 4) is 11.3 Å². The maximum atomic E-state index is 6.21. The Morgan fingerprint density at radius 1 is 1.16 bits per heavy atom. The van der Waals surface area contributed by atoms with Gasteiger partial charge in [0.15, 0.2) is 0 Å². The summed E-state index contributed by atoms with van der Waals surface area (Å²) in [4.78, 5) is 8.78. The molecule has 0 aliphatic rings. The maximum Gasteiger partial charge on any atom is 0.130 e. The molecule has 0 aliphatic carbocycles. The van der Waals surface area contributed by atoms with Crippen LogP contribution in [0.25, 0.3) is 11.3 Å². The molecule has 0 aliphatic heterocycles. The Balaban J connectivity index is 2.41. The third kappa shape index (κ3) is 3.58. The van der Waals surface area contributed by atoms with Crippen molar-refractivity contribution in [1.82, 2.24) is 9.97 Å². The first-order chi connectivity index (χ1) is 9.10. The highest BCUT2D eigenvalue weighted by atomic mass is 35.5. The molecule has 2 rings (SSSR count). The number of halogens is 2. The van der Waals surface area contributed by atoms with Crippen LogP contribution in [0.1, 0.15) is 19.2 Å². The molecule has 19 heavy (non-hydrogen) atoms. The predicted octanol–water partition coefficient (Wildman–Crippen LogP) is 4.58. The van der Waals surface area contributed by atoms with Crippen molar-refractivity contribution in [3.63, 3.8) is 0 Å². The van der Waals surface area contributed by atoms with Gasteiger partial charge in [0.1, 0.15) is 11.6 Å². The van der Waals surface area contributed by atoms with Crippen LogP contribution < -0.4 is 5.32 Å². The molecule has 0 amide bonds. The monoisotopic (exact) mass is 295 g/mol. The second-order valence-electron chi connectivity index (χ2n) is 4.24. The molecule has 1 heterocycles. The van der Waals surface area contributed by atoms with Gasteiger partial charge in [-0.2, -0.15) is 0 Å². The lowest BCUT2D eigenvalue weighted by atomic mass is 10.1. The Bertz CT molecular complexity index is 585. The van der Waals surface area contributed by atoms with Crippen molar-refractivity contribution >= 4 is 29.0 Å². The Morgan fingerprint density at radius 3 is 2.63 bits per heavy atom. The fraction of sp³-hybridized carbons (Fsp3) is 0.286.